The minimum atomic E-state index is -0.316. The van der Waals surface area contributed by atoms with E-state index in [2.05, 4.69) is 21.3 Å². The maximum Gasteiger partial charge on any atom is 0.251 e. The number of carbonyl (C=O) groups is 3. The maximum absolute atomic E-state index is 12.2. The fourth-order valence-electron chi connectivity index (χ4n) is 3.10. The van der Waals surface area contributed by atoms with Crippen LogP contribution in [0, 0.1) is 20.8 Å². The first-order chi connectivity index (χ1) is 14.3. The van der Waals surface area contributed by atoms with Crippen LogP contribution in [0.15, 0.2) is 36.4 Å². The minimum absolute atomic E-state index is 0.00407. The molecule has 7 heteroatoms. The van der Waals surface area contributed by atoms with E-state index in [0.717, 1.165) is 28.8 Å². The molecule has 160 valence electrons. The van der Waals surface area contributed by atoms with Crippen LogP contribution < -0.4 is 21.3 Å². The third kappa shape index (κ3) is 6.92. The van der Waals surface area contributed by atoms with Crippen LogP contribution in [0.1, 0.15) is 40.4 Å². The van der Waals surface area contributed by atoms with Gasteiger partial charge in [-0.05, 0) is 56.5 Å². The second-order valence-electron chi connectivity index (χ2n) is 7.29. The molecule has 0 radical (unpaired) electrons. The van der Waals surface area contributed by atoms with Gasteiger partial charge in [-0.3, -0.25) is 14.4 Å². The Kier molecular flexibility index (Phi) is 8.41. The zero-order valence-electron chi connectivity index (χ0n) is 18.0. The van der Waals surface area contributed by atoms with Crippen LogP contribution in [0.4, 0.5) is 11.4 Å². The van der Waals surface area contributed by atoms with Crippen molar-refractivity contribution in [3.8, 4) is 0 Å². The Balaban J connectivity index is 1.81. The molecule has 0 spiro atoms. The molecule has 4 N–H and O–H groups in total. The lowest BCUT2D eigenvalue weighted by Gasteiger charge is -2.13. The second kappa shape index (κ2) is 11.0. The number of carbonyl (C=O) groups excluding carboxylic acids is 3. The van der Waals surface area contributed by atoms with Crippen molar-refractivity contribution in [3.05, 3.63) is 58.7 Å². The van der Waals surface area contributed by atoms with E-state index in [1.165, 1.54) is 0 Å². The quantitative estimate of drug-likeness (QED) is 0.511. The number of hydrogen-bond acceptors (Lipinski definition) is 4. The first-order valence-electron chi connectivity index (χ1n) is 10.1. The predicted molar refractivity (Wildman–Crippen MR) is 120 cm³/mol. The third-order valence-corrected chi connectivity index (χ3v) is 4.50. The van der Waals surface area contributed by atoms with Gasteiger partial charge in [0.15, 0.2) is 0 Å². The van der Waals surface area contributed by atoms with E-state index in [1.807, 2.05) is 39.8 Å². The average Bonchev–Trinajstić information content (AvgIpc) is 2.71. The molecular weight excluding hydrogens is 380 g/mol. The molecule has 2 rings (SSSR count). The number of rotatable bonds is 9. The van der Waals surface area contributed by atoms with Gasteiger partial charge in [0, 0.05) is 23.5 Å². The highest BCUT2D eigenvalue weighted by Gasteiger charge is 2.10. The van der Waals surface area contributed by atoms with Crippen molar-refractivity contribution >= 4 is 29.1 Å². The molecule has 0 aliphatic carbocycles. The molecule has 0 heterocycles. The summed E-state index contributed by atoms with van der Waals surface area (Å²) in [6.45, 7) is 8.36. The smallest absolute Gasteiger partial charge is 0.251 e. The highest BCUT2D eigenvalue weighted by molar-refractivity contribution is 5.97. The summed E-state index contributed by atoms with van der Waals surface area (Å²) in [7, 11) is 0. The maximum atomic E-state index is 12.2. The molecule has 0 aliphatic rings. The molecule has 0 bridgehead atoms. The summed E-state index contributed by atoms with van der Waals surface area (Å²) in [6.07, 6.45) is 0.862. The Morgan fingerprint density at radius 2 is 1.57 bits per heavy atom. The molecule has 3 amide bonds. The van der Waals surface area contributed by atoms with Gasteiger partial charge < -0.3 is 21.3 Å². The monoisotopic (exact) mass is 410 g/mol. The van der Waals surface area contributed by atoms with Crippen LogP contribution in [0.25, 0.3) is 0 Å². The minimum Gasteiger partial charge on any atom is -0.376 e. The largest absolute Gasteiger partial charge is 0.376 e. The summed E-state index contributed by atoms with van der Waals surface area (Å²) in [4.78, 5) is 36.3. The molecule has 0 aromatic heterocycles. The molecule has 30 heavy (non-hydrogen) atoms. The first-order valence-corrected chi connectivity index (χ1v) is 10.1. The summed E-state index contributed by atoms with van der Waals surface area (Å²) in [5, 5.41) is 11.2. The van der Waals surface area contributed by atoms with Crippen LogP contribution in [0.5, 0.6) is 0 Å². The molecule has 0 aliphatic heterocycles. The number of benzene rings is 2. The summed E-state index contributed by atoms with van der Waals surface area (Å²) in [5.74, 6) is -0.750. The van der Waals surface area contributed by atoms with E-state index in [-0.39, 0.29) is 30.8 Å². The first kappa shape index (κ1) is 22.9. The highest BCUT2D eigenvalue weighted by atomic mass is 16.2. The summed E-state index contributed by atoms with van der Waals surface area (Å²) in [6, 6.07) is 10.9. The molecule has 0 fully saturated rings. The SMILES string of the molecule is CCCNC(=O)c1cccc(NCC(=O)NCC(=O)Nc2c(C)cc(C)cc2C)c1. The number of anilines is 2. The molecule has 7 nitrogen and oxygen atoms in total. The molecule has 0 atom stereocenters. The molecule has 0 saturated carbocycles. The summed E-state index contributed by atoms with van der Waals surface area (Å²) < 4.78 is 0. The van der Waals surface area contributed by atoms with Crippen LogP contribution in [-0.2, 0) is 9.59 Å². The van der Waals surface area contributed by atoms with E-state index < -0.39 is 0 Å². The van der Waals surface area contributed by atoms with Crippen LogP contribution >= 0.6 is 0 Å². The topological polar surface area (TPSA) is 99.3 Å². The molecule has 2 aromatic rings. The van der Waals surface area contributed by atoms with Crippen molar-refractivity contribution in [2.24, 2.45) is 0 Å². The van der Waals surface area contributed by atoms with Crippen molar-refractivity contribution in [2.75, 3.05) is 30.3 Å². The van der Waals surface area contributed by atoms with E-state index >= 15 is 0 Å². The molecular formula is C23H30N4O3. The van der Waals surface area contributed by atoms with Crippen molar-refractivity contribution in [1.82, 2.24) is 10.6 Å². The van der Waals surface area contributed by atoms with E-state index in [1.54, 1.807) is 24.3 Å². The van der Waals surface area contributed by atoms with Gasteiger partial charge in [-0.25, -0.2) is 0 Å². The lowest BCUT2D eigenvalue weighted by Crippen LogP contribution is -2.36. The van der Waals surface area contributed by atoms with Crippen molar-refractivity contribution in [2.45, 2.75) is 34.1 Å². The van der Waals surface area contributed by atoms with Gasteiger partial charge in [-0.15, -0.1) is 0 Å². The Morgan fingerprint density at radius 3 is 2.23 bits per heavy atom. The van der Waals surface area contributed by atoms with Crippen molar-refractivity contribution < 1.29 is 14.4 Å². The van der Waals surface area contributed by atoms with E-state index in [0.29, 0.717) is 17.8 Å². The van der Waals surface area contributed by atoms with Crippen LogP contribution in [0.2, 0.25) is 0 Å². The fraction of sp³-hybridized carbons (Fsp3) is 0.348. The fourth-order valence-corrected chi connectivity index (χ4v) is 3.10. The zero-order chi connectivity index (χ0) is 22.1. The second-order valence-corrected chi connectivity index (χ2v) is 7.29. The normalized spacial score (nSPS) is 10.3. The number of amides is 3. The molecule has 0 saturated heterocycles. The number of aryl methyl sites for hydroxylation is 3. The number of nitrogens with one attached hydrogen (secondary N) is 4. The average molecular weight is 411 g/mol. The van der Waals surface area contributed by atoms with Gasteiger partial charge in [0.2, 0.25) is 11.8 Å². The Bertz CT molecular complexity index is 901. The highest BCUT2D eigenvalue weighted by Crippen LogP contribution is 2.21. The molecule has 2 aromatic carbocycles. The van der Waals surface area contributed by atoms with Gasteiger partial charge in [0.25, 0.3) is 5.91 Å². The lowest BCUT2D eigenvalue weighted by molar-refractivity contribution is -0.122. The Hall–Kier alpha value is -3.35. The van der Waals surface area contributed by atoms with E-state index in [4.69, 9.17) is 0 Å². The predicted octanol–water partition coefficient (Wildman–Crippen LogP) is 2.92. The third-order valence-electron chi connectivity index (χ3n) is 4.50. The summed E-state index contributed by atoms with van der Waals surface area (Å²) in [5.41, 5.74) is 5.06. The van der Waals surface area contributed by atoms with Crippen molar-refractivity contribution in [3.63, 3.8) is 0 Å². The van der Waals surface area contributed by atoms with Gasteiger partial charge in [-0.2, -0.15) is 0 Å². The van der Waals surface area contributed by atoms with Crippen LogP contribution in [0.3, 0.4) is 0 Å². The number of hydrogen-bond donors (Lipinski definition) is 4. The summed E-state index contributed by atoms with van der Waals surface area (Å²) >= 11 is 0. The standard InChI is InChI=1S/C23H30N4O3/c1-5-9-24-23(30)18-7-6-8-19(12-18)25-13-20(28)26-14-21(29)27-22-16(3)10-15(2)11-17(22)4/h6-8,10-12,25H,5,9,13-14H2,1-4H3,(H,24,30)(H,26,28)(H,27,29). The van der Waals surface area contributed by atoms with Gasteiger partial charge in [-0.1, -0.05) is 30.7 Å². The Morgan fingerprint density at radius 1 is 0.867 bits per heavy atom. The lowest BCUT2D eigenvalue weighted by atomic mass is 10.1. The van der Waals surface area contributed by atoms with E-state index in [9.17, 15) is 14.4 Å². The van der Waals surface area contributed by atoms with Gasteiger partial charge >= 0.3 is 0 Å². The van der Waals surface area contributed by atoms with Crippen LogP contribution in [-0.4, -0.2) is 37.4 Å². The molecule has 0 unspecified atom stereocenters. The van der Waals surface area contributed by atoms with Crippen molar-refractivity contribution in [1.29, 1.82) is 0 Å². The van der Waals surface area contributed by atoms with Gasteiger partial charge in [0.05, 0.1) is 13.1 Å². The Labute approximate surface area is 177 Å². The van der Waals surface area contributed by atoms with Gasteiger partial charge in [0.1, 0.15) is 0 Å². The zero-order valence-corrected chi connectivity index (χ0v) is 18.0.